The van der Waals surface area contributed by atoms with Crippen LogP contribution in [0.3, 0.4) is 0 Å². The van der Waals surface area contributed by atoms with Crippen molar-refractivity contribution in [1.29, 1.82) is 0 Å². The Labute approximate surface area is 144 Å². The summed E-state index contributed by atoms with van der Waals surface area (Å²) in [5, 5.41) is 12.4. The Kier molecular flexibility index (Phi) is 3.85. The molecule has 0 aliphatic carbocycles. The molecule has 1 aliphatic rings. The molecule has 6 nitrogen and oxygen atoms in total. The molecule has 6 heteroatoms. The van der Waals surface area contributed by atoms with E-state index in [2.05, 4.69) is 22.4 Å². The number of imidazole rings is 1. The van der Waals surface area contributed by atoms with Crippen LogP contribution in [-0.4, -0.2) is 33.3 Å². The molecule has 4 rings (SSSR count). The molecule has 0 saturated heterocycles. The number of hydrogen-bond donors (Lipinski definition) is 2. The Morgan fingerprint density at radius 1 is 1.32 bits per heavy atom. The van der Waals surface area contributed by atoms with Gasteiger partial charge in [-0.1, -0.05) is 30.3 Å². The van der Waals surface area contributed by atoms with Gasteiger partial charge in [0.05, 0.1) is 18.6 Å². The number of carboxylic acids is 1. The predicted octanol–water partition coefficient (Wildman–Crippen LogP) is 2.86. The highest BCUT2D eigenvalue weighted by atomic mass is 16.5. The van der Waals surface area contributed by atoms with E-state index in [0.717, 1.165) is 28.9 Å². The van der Waals surface area contributed by atoms with Gasteiger partial charge in [0.2, 0.25) is 6.10 Å². The van der Waals surface area contributed by atoms with Crippen LogP contribution in [-0.2, 0) is 11.3 Å². The van der Waals surface area contributed by atoms with Gasteiger partial charge in [-0.2, -0.15) is 0 Å². The maximum absolute atomic E-state index is 11.3. The molecule has 2 N–H and O–H groups in total. The highest BCUT2D eigenvalue weighted by Gasteiger charge is 2.27. The fourth-order valence-electron chi connectivity index (χ4n) is 2.98. The van der Waals surface area contributed by atoms with Gasteiger partial charge >= 0.3 is 5.97 Å². The minimum Gasteiger partial charge on any atom is -0.478 e. The second-order valence-electron chi connectivity index (χ2n) is 5.94. The van der Waals surface area contributed by atoms with Crippen molar-refractivity contribution in [3.8, 4) is 16.9 Å². The van der Waals surface area contributed by atoms with Crippen molar-refractivity contribution in [3.63, 3.8) is 0 Å². The van der Waals surface area contributed by atoms with Gasteiger partial charge in [-0.15, -0.1) is 0 Å². The number of hydrogen-bond acceptors (Lipinski definition) is 4. The van der Waals surface area contributed by atoms with Gasteiger partial charge in [0.25, 0.3) is 0 Å². The van der Waals surface area contributed by atoms with Gasteiger partial charge in [-0.25, -0.2) is 9.78 Å². The number of anilines is 1. The van der Waals surface area contributed by atoms with Crippen molar-refractivity contribution in [3.05, 3.63) is 66.7 Å². The quantitative estimate of drug-likeness (QED) is 0.767. The first-order valence-corrected chi connectivity index (χ1v) is 8.02. The van der Waals surface area contributed by atoms with Gasteiger partial charge < -0.3 is 19.7 Å². The van der Waals surface area contributed by atoms with Gasteiger partial charge in [0.1, 0.15) is 0 Å². The lowest BCUT2D eigenvalue weighted by molar-refractivity contribution is -0.144. The first-order chi connectivity index (χ1) is 12.2. The number of para-hydroxylation sites is 1. The molecule has 1 unspecified atom stereocenters. The predicted molar refractivity (Wildman–Crippen MR) is 93.7 cm³/mol. The van der Waals surface area contributed by atoms with Crippen LogP contribution in [0.4, 0.5) is 5.69 Å². The summed E-state index contributed by atoms with van der Waals surface area (Å²) in [6.07, 6.45) is 4.56. The largest absolute Gasteiger partial charge is 0.478 e. The van der Waals surface area contributed by atoms with Gasteiger partial charge in [-0.05, 0) is 23.3 Å². The molecule has 0 saturated carbocycles. The number of nitrogens with zero attached hydrogens (tertiary/aromatic N) is 2. The molecule has 0 spiro atoms. The first kappa shape index (κ1) is 15.3. The lowest BCUT2D eigenvalue weighted by Crippen LogP contribution is -2.37. The molecule has 1 aromatic heterocycles. The number of ether oxygens (including phenoxy) is 1. The van der Waals surface area contributed by atoms with Crippen LogP contribution in [0, 0.1) is 0 Å². The Morgan fingerprint density at radius 3 is 3.00 bits per heavy atom. The van der Waals surface area contributed by atoms with Crippen molar-refractivity contribution in [1.82, 2.24) is 9.55 Å². The molecule has 0 amide bonds. The van der Waals surface area contributed by atoms with E-state index in [1.54, 1.807) is 12.5 Å². The molecule has 3 aromatic rings. The monoisotopic (exact) mass is 335 g/mol. The van der Waals surface area contributed by atoms with Gasteiger partial charge in [0.15, 0.2) is 5.75 Å². The smallest absolute Gasteiger partial charge is 0.346 e. The molecular weight excluding hydrogens is 318 g/mol. The summed E-state index contributed by atoms with van der Waals surface area (Å²) in [7, 11) is 0. The second kappa shape index (κ2) is 6.32. The van der Waals surface area contributed by atoms with Crippen LogP contribution < -0.4 is 10.1 Å². The summed E-state index contributed by atoms with van der Waals surface area (Å²) in [6, 6.07) is 13.9. The number of aliphatic carboxylic acids is 1. The summed E-state index contributed by atoms with van der Waals surface area (Å²) in [5.41, 5.74) is 3.81. The highest BCUT2D eigenvalue weighted by molar-refractivity contribution is 5.82. The van der Waals surface area contributed by atoms with Crippen molar-refractivity contribution in [2.45, 2.75) is 12.6 Å². The summed E-state index contributed by atoms with van der Waals surface area (Å²) in [6.45, 7) is 0.978. The number of fused-ring (bicyclic) bond motifs is 1. The minimum atomic E-state index is -0.971. The number of carboxylic acid groups (broad SMARTS) is 1. The van der Waals surface area contributed by atoms with E-state index in [1.165, 1.54) is 0 Å². The van der Waals surface area contributed by atoms with Gasteiger partial charge in [-0.3, -0.25) is 0 Å². The summed E-state index contributed by atoms with van der Waals surface area (Å²) in [4.78, 5) is 15.3. The Bertz CT molecular complexity index is 906. The van der Waals surface area contributed by atoms with Crippen LogP contribution in [0.15, 0.2) is 61.2 Å². The maximum atomic E-state index is 11.3. The van der Waals surface area contributed by atoms with Crippen LogP contribution in [0.2, 0.25) is 0 Å². The van der Waals surface area contributed by atoms with E-state index < -0.39 is 12.1 Å². The zero-order valence-electron chi connectivity index (χ0n) is 13.4. The second-order valence-corrected chi connectivity index (χ2v) is 5.94. The van der Waals surface area contributed by atoms with Gasteiger partial charge in [0, 0.05) is 24.5 Å². The molecule has 0 radical (unpaired) electrons. The summed E-state index contributed by atoms with van der Waals surface area (Å²) in [5.74, 6) is -0.386. The molecule has 126 valence electrons. The molecular formula is C19H17N3O3. The number of nitrogens with one attached hydrogen (secondary N) is 1. The zero-order chi connectivity index (χ0) is 17.2. The zero-order valence-corrected chi connectivity index (χ0v) is 13.4. The number of benzene rings is 2. The summed E-state index contributed by atoms with van der Waals surface area (Å²) < 4.78 is 7.75. The van der Waals surface area contributed by atoms with E-state index in [4.69, 9.17) is 4.74 Å². The Balaban J connectivity index is 1.70. The van der Waals surface area contributed by atoms with E-state index >= 15 is 0 Å². The molecule has 2 aromatic carbocycles. The third-order valence-corrected chi connectivity index (χ3v) is 4.19. The van der Waals surface area contributed by atoms with Crippen molar-refractivity contribution in [2.24, 2.45) is 0 Å². The van der Waals surface area contributed by atoms with E-state index in [9.17, 15) is 9.90 Å². The fraction of sp³-hybridized carbons (Fsp3) is 0.158. The lowest BCUT2D eigenvalue weighted by Gasteiger charge is -2.26. The number of carbonyl (C=O) groups is 1. The average Bonchev–Trinajstić information content (AvgIpc) is 3.14. The Morgan fingerprint density at radius 2 is 2.20 bits per heavy atom. The fourth-order valence-corrected chi connectivity index (χ4v) is 2.98. The van der Waals surface area contributed by atoms with E-state index in [-0.39, 0.29) is 6.54 Å². The Hall–Kier alpha value is -3.28. The number of rotatable bonds is 4. The average molecular weight is 335 g/mol. The minimum absolute atomic E-state index is 0.256. The highest BCUT2D eigenvalue weighted by Crippen LogP contribution is 2.39. The van der Waals surface area contributed by atoms with E-state index in [1.807, 2.05) is 41.1 Å². The SMILES string of the molecule is O=C(O)C1CNc2cccc(-c3cccc(Cn4ccnc4)c3)c2O1. The van der Waals surface area contributed by atoms with Crippen LogP contribution in [0.1, 0.15) is 5.56 Å². The standard InChI is InChI=1S/C19H17N3O3/c23-19(24)17-10-21-16-6-2-5-15(18(16)25-17)14-4-1-3-13(9-14)11-22-8-7-20-12-22/h1-9,12,17,21H,10-11H2,(H,23,24). The normalized spacial score (nSPS) is 15.8. The molecule has 2 heterocycles. The molecule has 1 aliphatic heterocycles. The van der Waals surface area contributed by atoms with Crippen LogP contribution in [0.5, 0.6) is 5.75 Å². The first-order valence-electron chi connectivity index (χ1n) is 8.02. The third-order valence-electron chi connectivity index (χ3n) is 4.19. The number of aromatic nitrogens is 2. The van der Waals surface area contributed by atoms with Crippen LogP contribution >= 0.6 is 0 Å². The lowest BCUT2D eigenvalue weighted by atomic mass is 10.0. The third kappa shape index (κ3) is 3.06. The van der Waals surface area contributed by atoms with Crippen molar-refractivity contribution >= 4 is 11.7 Å². The van der Waals surface area contributed by atoms with Crippen LogP contribution in [0.25, 0.3) is 11.1 Å². The summed E-state index contributed by atoms with van der Waals surface area (Å²) >= 11 is 0. The maximum Gasteiger partial charge on any atom is 0.346 e. The topological polar surface area (TPSA) is 76.4 Å². The molecule has 1 atom stereocenters. The molecule has 0 bridgehead atoms. The van der Waals surface area contributed by atoms with E-state index in [0.29, 0.717) is 5.75 Å². The molecule has 25 heavy (non-hydrogen) atoms. The molecule has 0 fully saturated rings. The van der Waals surface area contributed by atoms with Crippen molar-refractivity contribution in [2.75, 3.05) is 11.9 Å². The van der Waals surface area contributed by atoms with Crippen molar-refractivity contribution < 1.29 is 14.6 Å².